The average molecular weight is 264 g/mol. The molecule has 7 heteroatoms. The van der Waals surface area contributed by atoms with Gasteiger partial charge in [-0.2, -0.15) is 0 Å². The number of aromatic hydroxyl groups is 1. The van der Waals surface area contributed by atoms with E-state index in [0.29, 0.717) is 11.3 Å². The summed E-state index contributed by atoms with van der Waals surface area (Å²) in [5, 5.41) is 25.7. The molecule has 100 valence electrons. The average Bonchev–Trinajstić information content (AvgIpc) is 2.85. The van der Waals surface area contributed by atoms with Crippen LogP contribution in [0.15, 0.2) is 22.6 Å². The van der Waals surface area contributed by atoms with Crippen LogP contribution in [-0.2, 0) is 11.2 Å². The molecule has 2 N–H and O–H groups in total. The fourth-order valence-corrected chi connectivity index (χ4v) is 1.51. The van der Waals surface area contributed by atoms with Gasteiger partial charge in [0.1, 0.15) is 0 Å². The molecule has 0 unspecified atom stereocenters. The van der Waals surface area contributed by atoms with Crippen molar-refractivity contribution < 1.29 is 24.2 Å². The Morgan fingerprint density at radius 1 is 1.42 bits per heavy atom. The van der Waals surface area contributed by atoms with Gasteiger partial charge in [-0.15, -0.1) is 10.2 Å². The Morgan fingerprint density at radius 2 is 2.21 bits per heavy atom. The second kappa shape index (κ2) is 5.38. The molecule has 0 aliphatic rings. The molecular formula is C12H12N2O5. The zero-order chi connectivity index (χ0) is 13.8. The first-order valence-electron chi connectivity index (χ1n) is 5.51. The van der Waals surface area contributed by atoms with E-state index < -0.39 is 5.97 Å². The van der Waals surface area contributed by atoms with Crippen LogP contribution in [0.1, 0.15) is 12.3 Å². The monoisotopic (exact) mass is 264 g/mol. The Labute approximate surface area is 108 Å². The molecule has 0 spiro atoms. The minimum atomic E-state index is -0.929. The summed E-state index contributed by atoms with van der Waals surface area (Å²) in [5.74, 6) is -0.160. The number of aromatic nitrogens is 2. The van der Waals surface area contributed by atoms with E-state index in [1.165, 1.54) is 13.2 Å². The molecule has 1 aromatic carbocycles. The number of aliphatic carboxylic acids is 1. The third-order valence-corrected chi connectivity index (χ3v) is 2.45. The number of hydrogen-bond donors (Lipinski definition) is 2. The maximum atomic E-state index is 10.4. The third-order valence-electron chi connectivity index (χ3n) is 2.45. The minimum Gasteiger partial charge on any atom is -0.504 e. The molecule has 2 rings (SSSR count). The number of methoxy groups -OCH3 is 1. The highest BCUT2D eigenvalue weighted by molar-refractivity contribution is 5.66. The number of carboxylic acids is 1. The maximum absolute atomic E-state index is 10.4. The number of benzene rings is 1. The highest BCUT2D eigenvalue weighted by atomic mass is 16.5. The second-order valence-electron chi connectivity index (χ2n) is 3.78. The maximum Gasteiger partial charge on any atom is 0.303 e. The number of phenols is 1. The lowest BCUT2D eigenvalue weighted by molar-refractivity contribution is -0.137. The van der Waals surface area contributed by atoms with Gasteiger partial charge in [0.05, 0.1) is 13.5 Å². The van der Waals surface area contributed by atoms with E-state index in [1.807, 2.05) is 0 Å². The lowest BCUT2D eigenvalue weighted by atomic mass is 10.2. The number of aryl methyl sites for hydroxylation is 1. The Kier molecular flexibility index (Phi) is 3.65. The van der Waals surface area contributed by atoms with Crippen molar-refractivity contribution in [2.45, 2.75) is 12.8 Å². The molecule has 0 fully saturated rings. The van der Waals surface area contributed by atoms with E-state index in [0.717, 1.165) is 0 Å². The number of carbonyl (C=O) groups is 1. The Hall–Kier alpha value is -2.57. The SMILES string of the molecule is COc1ccc(-c2nnc(CCC(=O)O)o2)cc1O. The van der Waals surface area contributed by atoms with E-state index in [1.54, 1.807) is 12.1 Å². The summed E-state index contributed by atoms with van der Waals surface area (Å²) in [7, 11) is 1.45. The van der Waals surface area contributed by atoms with Gasteiger partial charge in [-0.05, 0) is 18.2 Å². The van der Waals surface area contributed by atoms with Gasteiger partial charge in [0.25, 0.3) is 0 Å². The molecule has 0 atom stereocenters. The van der Waals surface area contributed by atoms with Gasteiger partial charge in [0, 0.05) is 12.0 Å². The van der Waals surface area contributed by atoms with Crippen molar-refractivity contribution in [2.75, 3.05) is 7.11 Å². The van der Waals surface area contributed by atoms with E-state index in [4.69, 9.17) is 14.3 Å². The molecule has 7 nitrogen and oxygen atoms in total. The number of rotatable bonds is 5. The van der Waals surface area contributed by atoms with Crippen LogP contribution in [0.4, 0.5) is 0 Å². The lowest BCUT2D eigenvalue weighted by Gasteiger charge is -2.03. The van der Waals surface area contributed by atoms with Gasteiger partial charge in [0.2, 0.25) is 11.8 Å². The quantitative estimate of drug-likeness (QED) is 0.842. The van der Waals surface area contributed by atoms with E-state index in [-0.39, 0.29) is 30.4 Å². The highest BCUT2D eigenvalue weighted by Gasteiger charge is 2.12. The van der Waals surface area contributed by atoms with E-state index in [9.17, 15) is 9.90 Å². The summed E-state index contributed by atoms with van der Waals surface area (Å²) in [5.41, 5.74) is 0.535. The first-order valence-corrected chi connectivity index (χ1v) is 5.51. The van der Waals surface area contributed by atoms with Crippen LogP contribution in [0.3, 0.4) is 0 Å². The molecule has 0 amide bonds. The van der Waals surface area contributed by atoms with Crippen molar-refractivity contribution in [1.29, 1.82) is 0 Å². The summed E-state index contributed by atoms with van der Waals surface area (Å²) >= 11 is 0. The van der Waals surface area contributed by atoms with Crippen LogP contribution in [0.2, 0.25) is 0 Å². The van der Waals surface area contributed by atoms with Gasteiger partial charge in [0.15, 0.2) is 11.5 Å². The van der Waals surface area contributed by atoms with Crippen LogP contribution < -0.4 is 4.74 Å². The van der Waals surface area contributed by atoms with Crippen LogP contribution in [-0.4, -0.2) is 33.5 Å². The number of ether oxygens (including phenoxy) is 1. The topological polar surface area (TPSA) is 106 Å². The largest absolute Gasteiger partial charge is 0.504 e. The summed E-state index contributed by atoms with van der Waals surface area (Å²) in [6, 6.07) is 4.67. The number of carboxylic acid groups (broad SMARTS) is 1. The van der Waals surface area contributed by atoms with E-state index in [2.05, 4.69) is 10.2 Å². The van der Waals surface area contributed by atoms with Crippen LogP contribution >= 0.6 is 0 Å². The Morgan fingerprint density at radius 3 is 2.84 bits per heavy atom. The second-order valence-corrected chi connectivity index (χ2v) is 3.78. The summed E-state index contributed by atoms with van der Waals surface area (Å²) in [6.07, 6.45) is 0.0972. The highest BCUT2D eigenvalue weighted by Crippen LogP contribution is 2.30. The van der Waals surface area contributed by atoms with Crippen molar-refractivity contribution in [3.63, 3.8) is 0 Å². The molecule has 19 heavy (non-hydrogen) atoms. The van der Waals surface area contributed by atoms with Gasteiger partial charge >= 0.3 is 5.97 Å². The lowest BCUT2D eigenvalue weighted by Crippen LogP contribution is -1.97. The fraction of sp³-hybridized carbons (Fsp3) is 0.250. The number of phenolic OH excluding ortho intramolecular Hbond substituents is 1. The molecule has 0 aliphatic carbocycles. The van der Waals surface area contributed by atoms with Crippen LogP contribution in [0.25, 0.3) is 11.5 Å². The van der Waals surface area contributed by atoms with Gasteiger partial charge in [-0.25, -0.2) is 0 Å². The first kappa shape index (κ1) is 12.9. The molecule has 0 saturated heterocycles. The molecule has 2 aromatic rings. The van der Waals surface area contributed by atoms with Gasteiger partial charge in [-0.1, -0.05) is 0 Å². The molecular weight excluding hydrogens is 252 g/mol. The van der Waals surface area contributed by atoms with Crippen molar-refractivity contribution in [3.05, 3.63) is 24.1 Å². The smallest absolute Gasteiger partial charge is 0.303 e. The molecule has 1 heterocycles. The first-order chi connectivity index (χ1) is 9.10. The predicted molar refractivity (Wildman–Crippen MR) is 63.9 cm³/mol. The summed E-state index contributed by atoms with van der Waals surface area (Å²) in [4.78, 5) is 10.4. The fourth-order valence-electron chi connectivity index (χ4n) is 1.51. The summed E-state index contributed by atoms with van der Waals surface area (Å²) < 4.78 is 10.2. The van der Waals surface area contributed by atoms with Crippen LogP contribution in [0, 0.1) is 0 Å². The molecule has 0 bridgehead atoms. The predicted octanol–water partition coefficient (Wildman–Crippen LogP) is 1.47. The minimum absolute atomic E-state index is 0.0368. The number of hydrogen-bond acceptors (Lipinski definition) is 6. The van der Waals surface area contributed by atoms with Crippen LogP contribution in [0.5, 0.6) is 11.5 Å². The van der Waals surface area contributed by atoms with Gasteiger partial charge in [-0.3, -0.25) is 4.79 Å². The van der Waals surface area contributed by atoms with Crippen molar-refractivity contribution >= 4 is 5.97 Å². The number of nitrogens with zero attached hydrogens (tertiary/aromatic N) is 2. The Bertz CT molecular complexity index is 594. The molecule has 0 aliphatic heterocycles. The zero-order valence-electron chi connectivity index (χ0n) is 10.2. The van der Waals surface area contributed by atoms with E-state index >= 15 is 0 Å². The standard InChI is InChI=1S/C12H12N2O5/c1-18-9-3-2-7(6-8(9)15)12-14-13-10(19-12)4-5-11(16)17/h2-3,6,15H,4-5H2,1H3,(H,16,17). The van der Waals surface area contributed by atoms with Crippen molar-refractivity contribution in [2.24, 2.45) is 0 Å². The zero-order valence-corrected chi connectivity index (χ0v) is 10.2. The summed E-state index contributed by atoms with van der Waals surface area (Å²) in [6.45, 7) is 0. The molecule has 0 saturated carbocycles. The molecule has 1 aromatic heterocycles. The van der Waals surface area contributed by atoms with Crippen molar-refractivity contribution in [3.8, 4) is 23.0 Å². The normalized spacial score (nSPS) is 10.4. The molecule has 0 radical (unpaired) electrons. The van der Waals surface area contributed by atoms with Gasteiger partial charge < -0.3 is 19.4 Å². The Balaban J connectivity index is 2.18. The third kappa shape index (κ3) is 3.01. The van der Waals surface area contributed by atoms with Crippen molar-refractivity contribution in [1.82, 2.24) is 10.2 Å².